The summed E-state index contributed by atoms with van der Waals surface area (Å²) in [5.74, 6) is -1.11. The van der Waals surface area contributed by atoms with E-state index in [0.717, 1.165) is 16.0 Å². The van der Waals surface area contributed by atoms with E-state index < -0.39 is 35.2 Å². The average molecular weight is 443 g/mol. The molecule has 0 saturated carbocycles. The van der Waals surface area contributed by atoms with Crippen LogP contribution in [0, 0.1) is 5.92 Å². The highest BCUT2D eigenvalue weighted by molar-refractivity contribution is 6.21. The van der Waals surface area contributed by atoms with Crippen molar-refractivity contribution in [3.8, 4) is 0 Å². The normalized spacial score (nSPS) is 23.9. The number of imide groups is 1. The minimum absolute atomic E-state index is 0.456. The molecule has 6 nitrogen and oxygen atoms in total. The van der Waals surface area contributed by atoms with E-state index in [1.807, 2.05) is 60.7 Å². The first-order chi connectivity index (χ1) is 15.7. The van der Waals surface area contributed by atoms with Gasteiger partial charge in [-0.05, 0) is 50.1 Å². The highest BCUT2D eigenvalue weighted by Gasteiger charge is 2.60. The van der Waals surface area contributed by atoms with Gasteiger partial charge in [0.25, 0.3) is 5.91 Å². The molecule has 168 valence electrons. The van der Waals surface area contributed by atoms with Crippen molar-refractivity contribution in [3.63, 3.8) is 0 Å². The predicted molar refractivity (Wildman–Crippen MR) is 126 cm³/mol. The first kappa shape index (κ1) is 21.2. The van der Waals surface area contributed by atoms with Crippen LogP contribution in [0.4, 0.5) is 10.5 Å². The molecular weight excluding hydrogens is 416 g/mol. The van der Waals surface area contributed by atoms with Crippen molar-refractivity contribution in [2.45, 2.75) is 38.0 Å². The number of aliphatic hydroxyl groups excluding tert-OH is 1. The molecular formula is C27H26N2O4. The molecule has 1 aromatic heterocycles. The maximum absolute atomic E-state index is 14.3. The van der Waals surface area contributed by atoms with Gasteiger partial charge in [0.1, 0.15) is 5.60 Å². The molecule has 6 heteroatoms. The van der Waals surface area contributed by atoms with Crippen LogP contribution in [0.25, 0.3) is 6.08 Å². The minimum Gasteiger partial charge on any atom is -0.443 e. The largest absolute Gasteiger partial charge is 0.443 e. The number of hydrogen-bond acceptors (Lipinski definition) is 4. The standard InChI is InChI=1S/C27H26N2O4/c1-26(2,3)33-25(32)29-22-13-7-6-12-20(22)27(24(29)31,28-16-8-9-17-28)21-15-14-18-10-4-5-11-19(18)23(21)30/h4-17,21,23,30H,1-3H3. The molecule has 0 fully saturated rings. The van der Waals surface area contributed by atoms with Gasteiger partial charge >= 0.3 is 6.09 Å². The highest BCUT2D eigenvalue weighted by Crippen LogP contribution is 2.53. The summed E-state index contributed by atoms with van der Waals surface area (Å²) in [6.45, 7) is 5.29. The van der Waals surface area contributed by atoms with Crippen LogP contribution in [-0.4, -0.2) is 27.3 Å². The predicted octanol–water partition coefficient (Wildman–Crippen LogP) is 4.89. The lowest BCUT2D eigenvalue weighted by molar-refractivity contribution is -0.127. The van der Waals surface area contributed by atoms with Crippen molar-refractivity contribution >= 4 is 23.8 Å². The van der Waals surface area contributed by atoms with E-state index in [2.05, 4.69) is 0 Å². The van der Waals surface area contributed by atoms with Gasteiger partial charge in [-0.25, -0.2) is 9.69 Å². The molecule has 0 spiro atoms. The molecule has 2 amide bonds. The molecule has 3 aromatic rings. The van der Waals surface area contributed by atoms with Crippen LogP contribution >= 0.6 is 0 Å². The lowest BCUT2D eigenvalue weighted by Crippen LogP contribution is -2.53. The van der Waals surface area contributed by atoms with Crippen LogP contribution < -0.4 is 4.90 Å². The number of benzene rings is 2. The van der Waals surface area contributed by atoms with Crippen molar-refractivity contribution in [3.05, 3.63) is 95.8 Å². The number of amides is 2. The fourth-order valence-corrected chi connectivity index (χ4v) is 4.99. The Morgan fingerprint density at radius 1 is 1.00 bits per heavy atom. The first-order valence-electron chi connectivity index (χ1n) is 11.0. The molecule has 0 radical (unpaired) electrons. The van der Waals surface area contributed by atoms with Crippen LogP contribution in [0.2, 0.25) is 0 Å². The summed E-state index contributed by atoms with van der Waals surface area (Å²) in [5.41, 5.74) is 0.633. The Bertz CT molecular complexity index is 1260. The molecule has 33 heavy (non-hydrogen) atoms. The number of anilines is 1. The van der Waals surface area contributed by atoms with E-state index in [1.165, 1.54) is 0 Å². The number of rotatable bonds is 2. The Hall–Kier alpha value is -3.64. The van der Waals surface area contributed by atoms with E-state index in [4.69, 9.17) is 4.74 Å². The van der Waals surface area contributed by atoms with E-state index in [9.17, 15) is 14.7 Å². The number of carbonyl (C=O) groups is 2. The molecule has 5 rings (SSSR count). The average Bonchev–Trinajstić information content (AvgIpc) is 3.38. The molecule has 1 aliphatic heterocycles. The molecule has 2 heterocycles. The Kier molecular flexibility index (Phi) is 4.79. The fourth-order valence-electron chi connectivity index (χ4n) is 4.99. The third-order valence-electron chi connectivity index (χ3n) is 6.29. The summed E-state index contributed by atoms with van der Waals surface area (Å²) in [6, 6.07) is 18.5. The van der Waals surface area contributed by atoms with E-state index in [1.54, 1.807) is 49.9 Å². The second kappa shape index (κ2) is 7.46. The van der Waals surface area contributed by atoms with Gasteiger partial charge in [0, 0.05) is 23.9 Å². The third kappa shape index (κ3) is 3.13. The second-order valence-corrected chi connectivity index (χ2v) is 9.45. The third-order valence-corrected chi connectivity index (χ3v) is 6.29. The Labute approximate surface area is 192 Å². The molecule has 0 saturated heterocycles. The van der Waals surface area contributed by atoms with Gasteiger partial charge in [0.15, 0.2) is 5.54 Å². The maximum Gasteiger partial charge on any atom is 0.421 e. The van der Waals surface area contributed by atoms with Gasteiger partial charge in [-0.2, -0.15) is 0 Å². The molecule has 0 bridgehead atoms. The Morgan fingerprint density at radius 3 is 2.39 bits per heavy atom. The van der Waals surface area contributed by atoms with Crippen molar-refractivity contribution in [1.29, 1.82) is 0 Å². The molecule has 3 atom stereocenters. The van der Waals surface area contributed by atoms with Crippen LogP contribution in [0.15, 0.2) is 79.1 Å². The number of nitrogens with zero attached hydrogens (tertiary/aromatic N) is 2. The van der Waals surface area contributed by atoms with Crippen molar-refractivity contribution in [2.24, 2.45) is 5.92 Å². The number of aliphatic hydroxyl groups is 1. The summed E-state index contributed by atoms with van der Waals surface area (Å²) in [7, 11) is 0. The number of aromatic nitrogens is 1. The van der Waals surface area contributed by atoms with Crippen LogP contribution in [0.3, 0.4) is 0 Å². The monoisotopic (exact) mass is 442 g/mol. The number of fused-ring (bicyclic) bond motifs is 2. The number of ether oxygens (including phenoxy) is 1. The van der Waals surface area contributed by atoms with Gasteiger partial charge in [0.05, 0.1) is 11.8 Å². The van der Waals surface area contributed by atoms with Gasteiger partial charge in [0.2, 0.25) is 0 Å². The maximum atomic E-state index is 14.3. The number of carbonyl (C=O) groups excluding carboxylic acids is 2. The van der Waals surface area contributed by atoms with E-state index in [0.29, 0.717) is 11.3 Å². The lowest BCUT2D eigenvalue weighted by atomic mass is 9.71. The zero-order valence-electron chi connectivity index (χ0n) is 18.8. The smallest absolute Gasteiger partial charge is 0.421 e. The summed E-state index contributed by atoms with van der Waals surface area (Å²) in [5, 5.41) is 11.5. The van der Waals surface area contributed by atoms with Gasteiger partial charge < -0.3 is 14.4 Å². The Balaban J connectivity index is 1.74. The molecule has 2 aromatic carbocycles. The lowest BCUT2D eigenvalue weighted by Gasteiger charge is -2.40. The van der Waals surface area contributed by atoms with Crippen molar-refractivity contribution < 1.29 is 19.4 Å². The number of hydrogen-bond donors (Lipinski definition) is 1. The summed E-state index contributed by atoms with van der Waals surface area (Å²) in [4.78, 5) is 28.7. The zero-order valence-corrected chi connectivity index (χ0v) is 18.8. The van der Waals surface area contributed by atoms with Gasteiger partial charge in [-0.15, -0.1) is 0 Å². The minimum atomic E-state index is -1.36. The van der Waals surface area contributed by atoms with Gasteiger partial charge in [-0.3, -0.25) is 4.79 Å². The fraction of sp³-hybridized carbons (Fsp3) is 0.259. The molecule has 1 N–H and O–H groups in total. The number of para-hydroxylation sites is 1. The van der Waals surface area contributed by atoms with Crippen LogP contribution in [0.5, 0.6) is 0 Å². The Morgan fingerprint density at radius 2 is 1.67 bits per heavy atom. The summed E-state index contributed by atoms with van der Waals surface area (Å²) < 4.78 is 7.40. The second-order valence-electron chi connectivity index (χ2n) is 9.45. The highest BCUT2D eigenvalue weighted by atomic mass is 16.6. The van der Waals surface area contributed by atoms with Crippen LogP contribution in [0.1, 0.15) is 43.6 Å². The molecule has 2 aliphatic rings. The van der Waals surface area contributed by atoms with Crippen molar-refractivity contribution in [2.75, 3.05) is 4.90 Å². The van der Waals surface area contributed by atoms with Crippen LogP contribution in [-0.2, 0) is 15.1 Å². The van der Waals surface area contributed by atoms with E-state index >= 15 is 0 Å². The topological polar surface area (TPSA) is 71.8 Å². The quantitative estimate of drug-likeness (QED) is 0.613. The van der Waals surface area contributed by atoms with Gasteiger partial charge in [-0.1, -0.05) is 54.6 Å². The first-order valence-corrected chi connectivity index (χ1v) is 11.0. The summed E-state index contributed by atoms with van der Waals surface area (Å²) >= 11 is 0. The van der Waals surface area contributed by atoms with Crippen molar-refractivity contribution in [1.82, 2.24) is 4.57 Å². The molecule has 1 aliphatic carbocycles. The molecule has 3 unspecified atom stereocenters. The SMILES string of the molecule is CC(C)(C)OC(=O)N1C(=O)C(C2C=Cc3ccccc3C2O)(n2cccc2)c2ccccc21. The van der Waals surface area contributed by atoms with E-state index in [-0.39, 0.29) is 0 Å². The zero-order chi connectivity index (χ0) is 23.4. The summed E-state index contributed by atoms with van der Waals surface area (Å²) in [6.07, 6.45) is 5.72.